The van der Waals surface area contributed by atoms with Gasteiger partial charge in [-0.05, 0) is 43.2 Å². The molecule has 0 heterocycles. The normalized spacial score (nSPS) is 28.4. The molecule has 2 fully saturated rings. The molecule has 0 radical (unpaired) electrons. The van der Waals surface area contributed by atoms with Gasteiger partial charge in [0.15, 0.2) is 0 Å². The quantitative estimate of drug-likeness (QED) is 0.819. The Balaban J connectivity index is 1.74. The van der Waals surface area contributed by atoms with Gasteiger partial charge in [0.1, 0.15) is 5.75 Å². The van der Waals surface area contributed by atoms with Gasteiger partial charge in [0, 0.05) is 6.04 Å². The topological polar surface area (TPSA) is 64.3 Å². The number of benzene rings is 1. The molecule has 3 rings (SSSR count). The van der Waals surface area contributed by atoms with Crippen molar-refractivity contribution in [2.24, 2.45) is 11.8 Å². The minimum atomic E-state index is -0.0750. The van der Waals surface area contributed by atoms with Gasteiger partial charge in [-0.3, -0.25) is 4.79 Å². The monoisotopic (exact) mass is 260 g/mol. The number of para-hydroxylation sites is 1. The van der Waals surface area contributed by atoms with Crippen molar-refractivity contribution < 1.29 is 9.53 Å². The third-order valence-electron chi connectivity index (χ3n) is 4.59. The first-order valence-corrected chi connectivity index (χ1v) is 6.92. The minimum absolute atomic E-state index is 0.0750. The van der Waals surface area contributed by atoms with E-state index < -0.39 is 0 Å². The van der Waals surface area contributed by atoms with E-state index in [2.05, 4.69) is 5.32 Å². The zero-order valence-corrected chi connectivity index (χ0v) is 11.2. The lowest BCUT2D eigenvalue weighted by atomic mass is 9.95. The number of nitrogen functional groups attached to an aromatic ring is 1. The molecule has 1 aromatic rings. The van der Waals surface area contributed by atoms with Gasteiger partial charge >= 0.3 is 0 Å². The van der Waals surface area contributed by atoms with Crippen LogP contribution in [0.2, 0.25) is 0 Å². The van der Waals surface area contributed by atoms with Crippen LogP contribution < -0.4 is 15.8 Å². The zero-order valence-electron chi connectivity index (χ0n) is 11.2. The molecule has 102 valence electrons. The zero-order chi connectivity index (χ0) is 13.4. The molecule has 0 aliphatic heterocycles. The lowest BCUT2D eigenvalue weighted by molar-refractivity contribution is 0.0923. The van der Waals surface area contributed by atoms with Crippen molar-refractivity contribution in [3.05, 3.63) is 23.8 Å². The van der Waals surface area contributed by atoms with Crippen molar-refractivity contribution in [2.45, 2.75) is 31.7 Å². The summed E-state index contributed by atoms with van der Waals surface area (Å²) >= 11 is 0. The van der Waals surface area contributed by atoms with Crippen LogP contribution in [0.25, 0.3) is 0 Å². The fraction of sp³-hybridized carbons (Fsp3) is 0.533. The number of anilines is 1. The first-order chi connectivity index (χ1) is 9.19. The highest BCUT2D eigenvalue weighted by atomic mass is 16.5. The van der Waals surface area contributed by atoms with Gasteiger partial charge in [-0.1, -0.05) is 12.5 Å². The lowest BCUT2D eigenvalue weighted by Crippen LogP contribution is -2.38. The second-order valence-electron chi connectivity index (χ2n) is 5.68. The summed E-state index contributed by atoms with van der Waals surface area (Å²) in [5.74, 6) is 1.97. The van der Waals surface area contributed by atoms with Gasteiger partial charge in [0.05, 0.1) is 18.4 Å². The van der Waals surface area contributed by atoms with E-state index in [9.17, 15) is 4.79 Å². The summed E-state index contributed by atoms with van der Waals surface area (Å²) in [5, 5.41) is 3.14. The van der Waals surface area contributed by atoms with Gasteiger partial charge in [-0.2, -0.15) is 0 Å². The summed E-state index contributed by atoms with van der Waals surface area (Å²) in [6.45, 7) is 0. The Morgan fingerprint density at radius 1 is 1.37 bits per heavy atom. The van der Waals surface area contributed by atoms with Crippen LogP contribution in [0.4, 0.5) is 5.69 Å². The van der Waals surface area contributed by atoms with Crippen LogP contribution in [-0.2, 0) is 0 Å². The maximum atomic E-state index is 12.3. The highest BCUT2D eigenvalue weighted by molar-refractivity contribution is 6.00. The Labute approximate surface area is 113 Å². The molecular weight excluding hydrogens is 240 g/mol. The van der Waals surface area contributed by atoms with E-state index in [1.807, 2.05) is 0 Å². The van der Waals surface area contributed by atoms with Crippen LogP contribution >= 0.6 is 0 Å². The maximum Gasteiger partial charge on any atom is 0.253 e. The van der Waals surface area contributed by atoms with E-state index in [0.717, 1.165) is 12.3 Å². The number of hydrogen-bond donors (Lipinski definition) is 2. The van der Waals surface area contributed by atoms with Crippen LogP contribution in [0.5, 0.6) is 5.75 Å². The van der Waals surface area contributed by atoms with Crippen molar-refractivity contribution in [1.29, 1.82) is 0 Å². The summed E-state index contributed by atoms with van der Waals surface area (Å²) in [6, 6.07) is 5.64. The van der Waals surface area contributed by atoms with Crippen molar-refractivity contribution >= 4 is 11.6 Å². The van der Waals surface area contributed by atoms with Gasteiger partial charge in [-0.15, -0.1) is 0 Å². The Morgan fingerprint density at radius 2 is 2.21 bits per heavy atom. The van der Waals surface area contributed by atoms with Gasteiger partial charge in [0.25, 0.3) is 5.91 Å². The number of rotatable bonds is 3. The fourth-order valence-corrected chi connectivity index (χ4v) is 3.59. The van der Waals surface area contributed by atoms with Crippen LogP contribution in [0, 0.1) is 11.8 Å². The molecule has 2 bridgehead atoms. The standard InChI is InChI=1S/C15H20N2O2/c1-19-13-4-2-3-11(14(13)16)15(18)17-12-8-9-5-6-10(12)7-9/h2-4,9-10,12H,5-8,16H2,1H3,(H,17,18). The van der Waals surface area contributed by atoms with Gasteiger partial charge in [-0.25, -0.2) is 0 Å². The van der Waals surface area contributed by atoms with E-state index >= 15 is 0 Å². The first-order valence-electron chi connectivity index (χ1n) is 6.92. The lowest BCUT2D eigenvalue weighted by Gasteiger charge is -2.23. The molecule has 3 N–H and O–H groups in total. The molecule has 2 aliphatic rings. The Bertz CT molecular complexity index is 501. The molecule has 0 saturated heterocycles. The largest absolute Gasteiger partial charge is 0.495 e. The van der Waals surface area contributed by atoms with E-state index in [4.69, 9.17) is 10.5 Å². The Morgan fingerprint density at radius 3 is 2.84 bits per heavy atom. The number of fused-ring (bicyclic) bond motifs is 2. The molecule has 0 aromatic heterocycles. The summed E-state index contributed by atoms with van der Waals surface area (Å²) in [6.07, 6.45) is 4.99. The second-order valence-corrected chi connectivity index (χ2v) is 5.68. The third kappa shape index (κ3) is 2.15. The highest BCUT2D eigenvalue weighted by Crippen LogP contribution is 2.44. The molecule has 1 amide bonds. The predicted octanol–water partition coefficient (Wildman–Crippen LogP) is 2.20. The van der Waals surface area contributed by atoms with E-state index in [1.54, 1.807) is 25.3 Å². The number of methoxy groups -OCH3 is 1. The van der Waals surface area contributed by atoms with E-state index in [1.165, 1.54) is 19.3 Å². The fourth-order valence-electron chi connectivity index (χ4n) is 3.59. The predicted molar refractivity (Wildman–Crippen MR) is 74.1 cm³/mol. The third-order valence-corrected chi connectivity index (χ3v) is 4.59. The molecule has 4 heteroatoms. The van der Waals surface area contributed by atoms with E-state index in [0.29, 0.717) is 29.0 Å². The van der Waals surface area contributed by atoms with Gasteiger partial charge < -0.3 is 15.8 Å². The molecule has 3 unspecified atom stereocenters. The number of amides is 1. The molecule has 2 saturated carbocycles. The highest BCUT2D eigenvalue weighted by Gasteiger charge is 2.40. The van der Waals surface area contributed by atoms with Crippen molar-refractivity contribution in [3.8, 4) is 5.75 Å². The molecule has 1 aromatic carbocycles. The average Bonchev–Trinajstić information content (AvgIpc) is 3.01. The number of nitrogens with one attached hydrogen (secondary N) is 1. The molecule has 0 spiro atoms. The summed E-state index contributed by atoms with van der Waals surface area (Å²) < 4.78 is 5.15. The van der Waals surface area contributed by atoms with Crippen LogP contribution in [0.1, 0.15) is 36.0 Å². The Kier molecular flexibility index (Phi) is 3.09. The second kappa shape index (κ2) is 4.76. The average molecular weight is 260 g/mol. The molecule has 2 aliphatic carbocycles. The van der Waals surface area contributed by atoms with Crippen molar-refractivity contribution in [3.63, 3.8) is 0 Å². The summed E-state index contributed by atoms with van der Waals surface area (Å²) in [7, 11) is 1.56. The van der Waals surface area contributed by atoms with Crippen LogP contribution in [-0.4, -0.2) is 19.1 Å². The number of hydrogen-bond acceptors (Lipinski definition) is 3. The maximum absolute atomic E-state index is 12.3. The number of nitrogens with two attached hydrogens (primary N) is 1. The summed E-state index contributed by atoms with van der Waals surface area (Å²) in [5.41, 5.74) is 6.90. The molecular formula is C15H20N2O2. The van der Waals surface area contributed by atoms with Crippen molar-refractivity contribution in [1.82, 2.24) is 5.32 Å². The number of ether oxygens (including phenoxy) is 1. The van der Waals surface area contributed by atoms with E-state index in [-0.39, 0.29) is 5.91 Å². The summed E-state index contributed by atoms with van der Waals surface area (Å²) in [4.78, 5) is 12.3. The smallest absolute Gasteiger partial charge is 0.253 e. The number of carbonyl (C=O) groups is 1. The molecule has 4 nitrogen and oxygen atoms in total. The van der Waals surface area contributed by atoms with Crippen molar-refractivity contribution in [2.75, 3.05) is 12.8 Å². The molecule has 19 heavy (non-hydrogen) atoms. The van der Waals surface area contributed by atoms with Crippen LogP contribution in [0.15, 0.2) is 18.2 Å². The van der Waals surface area contributed by atoms with Gasteiger partial charge in [0.2, 0.25) is 0 Å². The Hall–Kier alpha value is -1.71. The van der Waals surface area contributed by atoms with Crippen LogP contribution in [0.3, 0.4) is 0 Å². The minimum Gasteiger partial charge on any atom is -0.495 e. The molecule has 3 atom stereocenters. The number of carbonyl (C=O) groups excluding carboxylic acids is 1. The first kappa shape index (κ1) is 12.3. The SMILES string of the molecule is COc1cccc(C(=O)NC2CC3CCC2C3)c1N.